The fourth-order valence-electron chi connectivity index (χ4n) is 5.15. The van der Waals surface area contributed by atoms with Crippen LogP contribution in [-0.4, -0.2) is 48.4 Å². The summed E-state index contributed by atoms with van der Waals surface area (Å²) in [6, 6.07) is 0. The van der Waals surface area contributed by atoms with Gasteiger partial charge < -0.3 is 19.3 Å². The second-order valence-electron chi connectivity index (χ2n) is 10.1. The molecule has 0 heterocycles. The van der Waals surface area contributed by atoms with Crippen LogP contribution in [0.15, 0.2) is 23.8 Å². The van der Waals surface area contributed by atoms with E-state index in [-0.39, 0.29) is 48.6 Å². The van der Waals surface area contributed by atoms with Crippen molar-refractivity contribution < 1.29 is 33.7 Å². The zero-order valence-electron chi connectivity index (χ0n) is 21.5. The van der Waals surface area contributed by atoms with E-state index in [0.717, 1.165) is 19.3 Å². The minimum absolute atomic E-state index is 0.0853. The molecule has 7 heteroatoms. The van der Waals surface area contributed by atoms with Crippen molar-refractivity contribution in [3.8, 4) is 0 Å². The van der Waals surface area contributed by atoms with E-state index in [1.165, 1.54) is 19.6 Å². The van der Waals surface area contributed by atoms with Crippen molar-refractivity contribution in [2.75, 3.05) is 7.11 Å². The maximum Gasteiger partial charge on any atom is 0.308 e. The Bertz CT molecular complexity index is 771. The second-order valence-corrected chi connectivity index (χ2v) is 10.1. The molecule has 1 N–H and O–H groups in total. The van der Waals surface area contributed by atoms with Crippen molar-refractivity contribution in [3.63, 3.8) is 0 Å². The van der Waals surface area contributed by atoms with Gasteiger partial charge in [0.1, 0.15) is 12.2 Å². The van der Waals surface area contributed by atoms with Crippen molar-refractivity contribution in [2.45, 2.75) is 91.5 Å². The Kier molecular flexibility index (Phi) is 10.8. The molecule has 0 radical (unpaired) electrons. The maximum absolute atomic E-state index is 12.7. The number of carbonyl (C=O) groups excluding carboxylic acids is 3. The van der Waals surface area contributed by atoms with Crippen molar-refractivity contribution in [2.24, 2.45) is 29.6 Å². The van der Waals surface area contributed by atoms with E-state index in [9.17, 15) is 19.5 Å². The van der Waals surface area contributed by atoms with E-state index in [1.807, 2.05) is 13.8 Å². The first kappa shape index (κ1) is 28.1. The van der Waals surface area contributed by atoms with Crippen LogP contribution in [0.5, 0.6) is 0 Å². The molecule has 2 aliphatic rings. The number of carbonyl (C=O) groups is 3. The van der Waals surface area contributed by atoms with Crippen LogP contribution in [0.3, 0.4) is 0 Å². The molecule has 0 aliphatic heterocycles. The van der Waals surface area contributed by atoms with Crippen LogP contribution in [0.1, 0.15) is 73.1 Å². The normalized spacial score (nSPS) is 28.7. The summed E-state index contributed by atoms with van der Waals surface area (Å²) in [6.45, 7) is 9.54. The van der Waals surface area contributed by atoms with Crippen LogP contribution < -0.4 is 0 Å². The molecule has 0 saturated heterocycles. The molecular weight excluding hydrogens is 436 g/mol. The number of aliphatic hydroxyl groups excluding tert-OH is 1. The lowest BCUT2D eigenvalue weighted by molar-refractivity contribution is -0.159. The molecule has 0 amide bonds. The zero-order valence-corrected chi connectivity index (χ0v) is 21.5. The second kappa shape index (κ2) is 13.1. The molecule has 0 saturated carbocycles. The van der Waals surface area contributed by atoms with Gasteiger partial charge in [-0.3, -0.25) is 14.4 Å². The highest BCUT2D eigenvalue weighted by Crippen LogP contribution is 2.45. The molecule has 0 bridgehead atoms. The SMILES string of the molecule is CC[C@H](C)C(=O)O[C@H]1C[C@@H](C)C=C2C=C[C@H](C)[C@H](CC[C@H](C[C@@H](O)CC(=O)OC)OC(C)=O)[C@H]21. The lowest BCUT2D eigenvalue weighted by Crippen LogP contribution is -2.42. The van der Waals surface area contributed by atoms with E-state index in [0.29, 0.717) is 12.3 Å². The third-order valence-corrected chi connectivity index (χ3v) is 7.20. The minimum atomic E-state index is -0.948. The zero-order chi connectivity index (χ0) is 25.4. The lowest BCUT2D eigenvalue weighted by atomic mass is 9.65. The smallest absolute Gasteiger partial charge is 0.308 e. The quantitative estimate of drug-likeness (QED) is 0.348. The monoisotopic (exact) mass is 478 g/mol. The van der Waals surface area contributed by atoms with Crippen molar-refractivity contribution in [3.05, 3.63) is 23.8 Å². The Balaban J connectivity index is 2.17. The highest BCUT2D eigenvalue weighted by molar-refractivity contribution is 5.72. The summed E-state index contributed by atoms with van der Waals surface area (Å²) in [6.07, 6.45) is 7.84. The Labute approximate surface area is 203 Å². The Hall–Kier alpha value is -2.15. The maximum atomic E-state index is 12.7. The van der Waals surface area contributed by atoms with Gasteiger partial charge in [-0.15, -0.1) is 0 Å². The molecule has 0 fully saturated rings. The lowest BCUT2D eigenvalue weighted by Gasteiger charge is -2.43. The molecule has 34 heavy (non-hydrogen) atoms. The fourth-order valence-corrected chi connectivity index (χ4v) is 5.15. The van der Waals surface area contributed by atoms with Gasteiger partial charge in [0.15, 0.2) is 0 Å². The molecule has 0 aromatic carbocycles. The summed E-state index contributed by atoms with van der Waals surface area (Å²) in [5.74, 6) is -0.330. The van der Waals surface area contributed by atoms with Crippen molar-refractivity contribution in [1.29, 1.82) is 0 Å². The number of hydrogen-bond donors (Lipinski definition) is 1. The number of rotatable bonds is 11. The minimum Gasteiger partial charge on any atom is -0.469 e. The third kappa shape index (κ3) is 7.97. The van der Waals surface area contributed by atoms with Gasteiger partial charge in [-0.2, -0.15) is 0 Å². The third-order valence-electron chi connectivity index (χ3n) is 7.20. The molecule has 7 nitrogen and oxygen atoms in total. The molecular formula is C27H42O7. The number of ether oxygens (including phenoxy) is 3. The van der Waals surface area contributed by atoms with Gasteiger partial charge in [0.05, 0.1) is 25.6 Å². The summed E-state index contributed by atoms with van der Waals surface area (Å²) in [5.41, 5.74) is 1.21. The Morgan fingerprint density at radius 1 is 1.24 bits per heavy atom. The summed E-state index contributed by atoms with van der Waals surface area (Å²) in [5, 5.41) is 10.3. The topological polar surface area (TPSA) is 99.1 Å². The average Bonchev–Trinajstić information content (AvgIpc) is 2.77. The predicted octanol–water partition coefficient (Wildman–Crippen LogP) is 4.37. The fraction of sp³-hybridized carbons (Fsp3) is 0.741. The number of aliphatic hydroxyl groups is 1. The molecule has 2 rings (SSSR count). The predicted molar refractivity (Wildman–Crippen MR) is 129 cm³/mol. The molecule has 8 atom stereocenters. The van der Waals surface area contributed by atoms with Crippen LogP contribution in [-0.2, 0) is 28.6 Å². The van der Waals surface area contributed by atoms with E-state index in [4.69, 9.17) is 9.47 Å². The molecule has 0 unspecified atom stereocenters. The van der Waals surface area contributed by atoms with Gasteiger partial charge in [0.25, 0.3) is 0 Å². The Morgan fingerprint density at radius 2 is 1.94 bits per heavy atom. The molecule has 0 aromatic heterocycles. The van der Waals surface area contributed by atoms with Gasteiger partial charge in [-0.1, -0.05) is 45.9 Å². The van der Waals surface area contributed by atoms with Crippen LogP contribution in [0, 0.1) is 29.6 Å². The summed E-state index contributed by atoms with van der Waals surface area (Å²) in [4.78, 5) is 35.8. The molecule has 192 valence electrons. The first-order chi connectivity index (χ1) is 16.0. The standard InChI is InChI=1S/C27H42O7/c1-7-17(3)27(31)34-24-13-16(2)12-20-9-8-18(4)23(26(20)24)11-10-22(33-19(5)28)14-21(29)15-25(30)32-6/h8-9,12,16-18,21-24,26,29H,7,10-11,13-15H2,1-6H3/t16-,17-,18-,21+,22+,23-,24-,26-/m0/s1. The van der Waals surface area contributed by atoms with E-state index in [1.54, 1.807) is 0 Å². The number of hydrogen-bond acceptors (Lipinski definition) is 7. The van der Waals surface area contributed by atoms with Crippen LogP contribution in [0.4, 0.5) is 0 Å². The van der Waals surface area contributed by atoms with E-state index >= 15 is 0 Å². The summed E-state index contributed by atoms with van der Waals surface area (Å²) < 4.78 is 16.2. The average molecular weight is 479 g/mol. The number of allylic oxidation sites excluding steroid dienone is 3. The largest absolute Gasteiger partial charge is 0.469 e. The van der Waals surface area contributed by atoms with Gasteiger partial charge >= 0.3 is 17.9 Å². The molecule has 0 spiro atoms. The highest BCUT2D eigenvalue weighted by Gasteiger charge is 2.42. The number of esters is 3. The summed E-state index contributed by atoms with van der Waals surface area (Å²) in [7, 11) is 1.28. The van der Waals surface area contributed by atoms with Gasteiger partial charge in [0, 0.05) is 19.3 Å². The van der Waals surface area contributed by atoms with Crippen LogP contribution in [0.2, 0.25) is 0 Å². The first-order valence-corrected chi connectivity index (χ1v) is 12.6. The molecule has 0 aromatic rings. The van der Waals surface area contributed by atoms with Crippen LogP contribution in [0.25, 0.3) is 0 Å². The molecule has 2 aliphatic carbocycles. The van der Waals surface area contributed by atoms with Gasteiger partial charge in [0.2, 0.25) is 0 Å². The summed E-state index contributed by atoms with van der Waals surface area (Å²) >= 11 is 0. The van der Waals surface area contributed by atoms with Crippen LogP contribution >= 0.6 is 0 Å². The number of fused-ring (bicyclic) bond motifs is 1. The first-order valence-electron chi connectivity index (χ1n) is 12.6. The van der Waals surface area contributed by atoms with Crippen molar-refractivity contribution >= 4 is 17.9 Å². The number of methoxy groups -OCH3 is 1. The highest BCUT2D eigenvalue weighted by atomic mass is 16.5. The van der Waals surface area contributed by atoms with Gasteiger partial charge in [-0.05, 0) is 49.0 Å². The van der Waals surface area contributed by atoms with E-state index < -0.39 is 24.1 Å². The van der Waals surface area contributed by atoms with Crippen molar-refractivity contribution in [1.82, 2.24) is 0 Å². The van der Waals surface area contributed by atoms with E-state index in [2.05, 4.69) is 36.8 Å². The Morgan fingerprint density at radius 3 is 2.56 bits per heavy atom. The van der Waals surface area contributed by atoms with Gasteiger partial charge in [-0.25, -0.2) is 0 Å².